The maximum Gasteiger partial charge on any atom is 0.224 e. The summed E-state index contributed by atoms with van der Waals surface area (Å²) in [6.07, 6.45) is 3.78. The van der Waals surface area contributed by atoms with Gasteiger partial charge in [-0.15, -0.1) is 0 Å². The van der Waals surface area contributed by atoms with Gasteiger partial charge in [0.05, 0.1) is 11.2 Å². The minimum absolute atomic E-state index is 0.140. The van der Waals surface area contributed by atoms with Gasteiger partial charge in [-0.2, -0.15) is 0 Å². The fourth-order valence-electron chi connectivity index (χ4n) is 5.09. The zero-order valence-electron chi connectivity index (χ0n) is 15.4. The standard InChI is InChI=1S/C21H25N3O2/c1-13-15(11-26-23-13)10-24-8-7-21(2,12-24)22-20(25)19-17-9-14-5-3-4-6-16(14)18(17)19/h3-6,11,17-19H,7-10,12H2,1-2H3,(H,22,25). The van der Waals surface area contributed by atoms with Crippen LogP contribution in [0.1, 0.15) is 41.6 Å². The molecule has 3 aliphatic rings. The van der Waals surface area contributed by atoms with Crippen LogP contribution >= 0.6 is 0 Å². The third-order valence-corrected chi connectivity index (χ3v) is 6.56. The molecule has 2 heterocycles. The van der Waals surface area contributed by atoms with Gasteiger partial charge in [0, 0.05) is 31.1 Å². The van der Waals surface area contributed by atoms with Crippen molar-refractivity contribution < 1.29 is 9.32 Å². The van der Waals surface area contributed by atoms with Gasteiger partial charge in [0.1, 0.15) is 6.26 Å². The molecule has 0 radical (unpaired) electrons. The average molecular weight is 351 g/mol. The highest BCUT2D eigenvalue weighted by Gasteiger charge is 2.59. The summed E-state index contributed by atoms with van der Waals surface area (Å²) in [5, 5.41) is 7.34. The fourth-order valence-corrected chi connectivity index (χ4v) is 5.09. The summed E-state index contributed by atoms with van der Waals surface area (Å²) in [5.41, 5.74) is 4.78. The van der Waals surface area contributed by atoms with Crippen molar-refractivity contribution in [3.63, 3.8) is 0 Å². The number of hydrogen-bond donors (Lipinski definition) is 1. The molecule has 4 unspecified atom stereocenters. The Balaban J connectivity index is 1.21. The van der Waals surface area contributed by atoms with Crippen molar-refractivity contribution in [3.8, 4) is 0 Å². The Morgan fingerprint density at radius 2 is 2.27 bits per heavy atom. The number of carbonyl (C=O) groups excluding carboxylic acids is 1. The van der Waals surface area contributed by atoms with Gasteiger partial charge >= 0.3 is 0 Å². The topological polar surface area (TPSA) is 58.4 Å². The van der Waals surface area contributed by atoms with E-state index >= 15 is 0 Å². The number of rotatable bonds is 4. The van der Waals surface area contributed by atoms with Gasteiger partial charge < -0.3 is 9.84 Å². The van der Waals surface area contributed by atoms with E-state index < -0.39 is 0 Å². The number of nitrogens with zero attached hydrogens (tertiary/aromatic N) is 2. The molecule has 26 heavy (non-hydrogen) atoms. The number of benzene rings is 1. The van der Waals surface area contributed by atoms with E-state index in [2.05, 4.69) is 46.6 Å². The number of nitrogens with one attached hydrogen (secondary N) is 1. The lowest BCUT2D eigenvalue weighted by Crippen LogP contribution is -2.48. The predicted octanol–water partition coefficient (Wildman–Crippen LogP) is 2.65. The van der Waals surface area contributed by atoms with E-state index in [4.69, 9.17) is 4.52 Å². The second kappa shape index (κ2) is 5.68. The van der Waals surface area contributed by atoms with Gasteiger partial charge in [0.2, 0.25) is 5.91 Å². The Bertz CT molecular complexity index is 860. The first-order chi connectivity index (χ1) is 12.5. The second-order valence-corrected chi connectivity index (χ2v) is 8.55. The van der Waals surface area contributed by atoms with Crippen LogP contribution in [-0.4, -0.2) is 34.6 Å². The summed E-state index contributed by atoms with van der Waals surface area (Å²) in [6, 6.07) is 8.61. The van der Waals surface area contributed by atoms with Gasteiger partial charge in [-0.25, -0.2) is 0 Å². The van der Waals surface area contributed by atoms with Crippen molar-refractivity contribution in [2.75, 3.05) is 13.1 Å². The van der Waals surface area contributed by atoms with Crippen molar-refractivity contribution in [2.24, 2.45) is 11.8 Å². The van der Waals surface area contributed by atoms with Crippen molar-refractivity contribution in [1.82, 2.24) is 15.4 Å². The van der Waals surface area contributed by atoms with E-state index in [0.29, 0.717) is 11.8 Å². The monoisotopic (exact) mass is 351 g/mol. The van der Waals surface area contributed by atoms with Gasteiger partial charge in [-0.05, 0) is 49.7 Å². The number of aromatic nitrogens is 1. The summed E-state index contributed by atoms with van der Waals surface area (Å²) in [7, 11) is 0. The average Bonchev–Trinajstić information content (AvgIpc) is 2.88. The number of carbonyl (C=O) groups is 1. The van der Waals surface area contributed by atoms with Crippen LogP contribution in [0.4, 0.5) is 0 Å². The van der Waals surface area contributed by atoms with E-state index in [-0.39, 0.29) is 17.4 Å². The Morgan fingerprint density at radius 3 is 3.08 bits per heavy atom. The summed E-state index contributed by atoms with van der Waals surface area (Å²) in [4.78, 5) is 15.3. The van der Waals surface area contributed by atoms with Crippen LogP contribution in [0, 0.1) is 18.8 Å². The second-order valence-electron chi connectivity index (χ2n) is 8.55. The molecular formula is C21H25N3O2. The fraction of sp³-hybridized carbons (Fsp3) is 0.524. The summed E-state index contributed by atoms with van der Waals surface area (Å²) < 4.78 is 5.04. The third kappa shape index (κ3) is 2.57. The van der Waals surface area contributed by atoms with Crippen LogP contribution in [0.5, 0.6) is 0 Å². The zero-order valence-corrected chi connectivity index (χ0v) is 15.4. The molecule has 136 valence electrons. The number of amides is 1. The molecule has 5 nitrogen and oxygen atoms in total. The lowest BCUT2D eigenvalue weighted by Gasteiger charge is -2.27. The number of aryl methyl sites for hydroxylation is 1. The minimum Gasteiger partial charge on any atom is -0.364 e. The van der Waals surface area contributed by atoms with E-state index in [1.807, 2.05) is 6.92 Å². The first-order valence-corrected chi connectivity index (χ1v) is 9.56. The van der Waals surface area contributed by atoms with E-state index in [0.717, 1.165) is 43.7 Å². The molecule has 1 saturated heterocycles. The Labute approximate surface area is 153 Å². The molecule has 2 aliphatic carbocycles. The first kappa shape index (κ1) is 16.1. The van der Waals surface area contributed by atoms with Crippen LogP contribution in [0.2, 0.25) is 0 Å². The summed E-state index contributed by atoms with van der Waals surface area (Å²) >= 11 is 0. The van der Waals surface area contributed by atoms with Crippen LogP contribution < -0.4 is 5.32 Å². The third-order valence-electron chi connectivity index (χ3n) is 6.56. The van der Waals surface area contributed by atoms with Crippen molar-refractivity contribution in [1.29, 1.82) is 0 Å². The molecule has 1 saturated carbocycles. The molecule has 5 rings (SSSR count). The predicted molar refractivity (Wildman–Crippen MR) is 97.5 cm³/mol. The molecule has 1 aromatic carbocycles. The van der Waals surface area contributed by atoms with Gasteiger partial charge in [0.25, 0.3) is 0 Å². The smallest absolute Gasteiger partial charge is 0.224 e. The van der Waals surface area contributed by atoms with Crippen LogP contribution in [0.15, 0.2) is 35.1 Å². The zero-order chi connectivity index (χ0) is 17.9. The number of fused-ring (bicyclic) bond motifs is 3. The highest BCUT2D eigenvalue weighted by Crippen LogP contribution is 2.61. The van der Waals surface area contributed by atoms with Crippen molar-refractivity contribution >= 4 is 5.91 Å². The number of hydrogen-bond acceptors (Lipinski definition) is 4. The maximum absolute atomic E-state index is 12.9. The highest BCUT2D eigenvalue weighted by atomic mass is 16.5. The molecule has 0 bridgehead atoms. The molecule has 1 amide bonds. The maximum atomic E-state index is 12.9. The molecule has 1 N–H and O–H groups in total. The molecule has 1 aromatic heterocycles. The van der Waals surface area contributed by atoms with Gasteiger partial charge in [0.15, 0.2) is 0 Å². The van der Waals surface area contributed by atoms with Crippen LogP contribution in [0.25, 0.3) is 0 Å². The molecule has 5 heteroatoms. The first-order valence-electron chi connectivity index (χ1n) is 9.56. The lowest BCUT2D eigenvalue weighted by molar-refractivity contribution is -0.124. The van der Waals surface area contributed by atoms with Crippen molar-refractivity contribution in [2.45, 2.75) is 44.7 Å². The minimum atomic E-state index is -0.140. The largest absolute Gasteiger partial charge is 0.364 e. The summed E-state index contributed by atoms with van der Waals surface area (Å²) in [5.74, 6) is 1.40. The quantitative estimate of drug-likeness (QED) is 0.920. The molecular weight excluding hydrogens is 326 g/mol. The van der Waals surface area contributed by atoms with E-state index in [1.165, 1.54) is 11.1 Å². The Hall–Kier alpha value is -2.14. The van der Waals surface area contributed by atoms with Gasteiger partial charge in [-0.1, -0.05) is 29.4 Å². The van der Waals surface area contributed by atoms with E-state index in [9.17, 15) is 4.79 Å². The molecule has 2 fully saturated rings. The molecule has 0 spiro atoms. The normalized spacial score (nSPS) is 32.3. The summed E-state index contributed by atoms with van der Waals surface area (Å²) in [6.45, 7) is 6.85. The van der Waals surface area contributed by atoms with Crippen LogP contribution in [-0.2, 0) is 17.8 Å². The van der Waals surface area contributed by atoms with Gasteiger partial charge in [-0.3, -0.25) is 9.69 Å². The van der Waals surface area contributed by atoms with E-state index in [1.54, 1.807) is 6.26 Å². The molecule has 4 atom stereocenters. The Morgan fingerprint density at radius 1 is 1.42 bits per heavy atom. The Kier molecular flexibility index (Phi) is 3.51. The van der Waals surface area contributed by atoms with Crippen molar-refractivity contribution in [3.05, 3.63) is 52.9 Å². The SMILES string of the molecule is Cc1nocc1CN1CCC(C)(NC(=O)C2C3Cc4ccccc4C32)C1. The highest BCUT2D eigenvalue weighted by molar-refractivity contribution is 5.85. The lowest BCUT2D eigenvalue weighted by atomic mass is 9.98. The molecule has 1 aliphatic heterocycles. The molecule has 2 aromatic rings. The van der Waals surface area contributed by atoms with Crippen LogP contribution in [0.3, 0.4) is 0 Å². The number of likely N-dealkylation sites (tertiary alicyclic amines) is 1.